The number of hydrogen-bond acceptors (Lipinski definition) is 4. The number of carboxylic acid groups (broad SMARTS) is 1. The Morgan fingerprint density at radius 1 is 1.22 bits per heavy atom. The Morgan fingerprint density at radius 3 is 2.11 bits per heavy atom. The van der Waals surface area contributed by atoms with Crippen molar-refractivity contribution in [2.45, 2.75) is 45.4 Å². The van der Waals surface area contributed by atoms with Gasteiger partial charge in [-0.1, -0.05) is 20.8 Å². The fourth-order valence-electron chi connectivity index (χ4n) is 2.98. The number of piperidine rings is 1. The van der Waals surface area contributed by atoms with Crippen molar-refractivity contribution in [2.24, 2.45) is 5.41 Å². The van der Waals surface area contributed by atoms with Crippen molar-refractivity contribution < 1.29 is 19.4 Å². The van der Waals surface area contributed by atoms with E-state index < -0.39 is 17.8 Å². The highest BCUT2D eigenvalue weighted by molar-refractivity contribution is 5.74. The first kappa shape index (κ1) is 13.8. The molecule has 1 unspecified atom stereocenters. The minimum Gasteiger partial charge on any atom is -0.480 e. The highest BCUT2D eigenvalue weighted by Gasteiger charge is 2.44. The van der Waals surface area contributed by atoms with Crippen molar-refractivity contribution in [3.63, 3.8) is 0 Å². The second-order valence-electron chi connectivity index (χ2n) is 6.25. The molecule has 0 radical (unpaired) electrons. The van der Waals surface area contributed by atoms with E-state index in [0.29, 0.717) is 26.3 Å². The summed E-state index contributed by atoms with van der Waals surface area (Å²) in [7, 11) is 0. The predicted molar refractivity (Wildman–Crippen MR) is 66.3 cm³/mol. The van der Waals surface area contributed by atoms with Gasteiger partial charge in [-0.15, -0.1) is 0 Å². The molecule has 1 spiro atoms. The van der Waals surface area contributed by atoms with Gasteiger partial charge < -0.3 is 14.6 Å². The van der Waals surface area contributed by atoms with E-state index >= 15 is 0 Å². The van der Waals surface area contributed by atoms with Gasteiger partial charge in [0, 0.05) is 25.9 Å². The average molecular weight is 257 g/mol. The number of nitrogens with zero attached hydrogens (tertiary/aromatic N) is 1. The largest absolute Gasteiger partial charge is 0.480 e. The molecule has 0 aromatic heterocycles. The second-order valence-corrected chi connectivity index (χ2v) is 6.25. The van der Waals surface area contributed by atoms with Crippen molar-refractivity contribution in [2.75, 3.05) is 26.3 Å². The molecule has 1 N–H and O–H groups in total. The number of carbonyl (C=O) groups is 1. The normalized spacial score (nSPS) is 26.4. The van der Waals surface area contributed by atoms with E-state index in [1.165, 1.54) is 0 Å². The summed E-state index contributed by atoms with van der Waals surface area (Å²) >= 11 is 0. The van der Waals surface area contributed by atoms with E-state index in [-0.39, 0.29) is 5.41 Å². The molecule has 0 amide bonds. The minimum atomic E-state index is -0.744. The SMILES string of the molecule is CC(C)(C)C(C(=O)O)N1CCC2(CC1)OCCO2. The number of hydrogen-bond donors (Lipinski definition) is 1. The molecule has 0 aliphatic carbocycles. The molecule has 1 atom stereocenters. The monoisotopic (exact) mass is 257 g/mol. The van der Waals surface area contributed by atoms with Gasteiger partial charge in [0.1, 0.15) is 6.04 Å². The van der Waals surface area contributed by atoms with Gasteiger partial charge >= 0.3 is 5.97 Å². The summed E-state index contributed by atoms with van der Waals surface area (Å²) in [6.07, 6.45) is 1.51. The van der Waals surface area contributed by atoms with Gasteiger partial charge in [-0.2, -0.15) is 0 Å². The first-order chi connectivity index (χ1) is 8.34. The molecule has 2 saturated heterocycles. The van der Waals surface area contributed by atoms with Gasteiger partial charge in [-0.25, -0.2) is 0 Å². The Morgan fingerprint density at radius 2 is 1.72 bits per heavy atom. The molecule has 2 aliphatic heterocycles. The summed E-state index contributed by atoms with van der Waals surface area (Å²) in [6.45, 7) is 8.65. The molecule has 2 rings (SSSR count). The molecular formula is C13H23NO4. The number of aliphatic carboxylic acids is 1. The maximum Gasteiger partial charge on any atom is 0.321 e. The average Bonchev–Trinajstić information content (AvgIpc) is 2.68. The van der Waals surface area contributed by atoms with Gasteiger partial charge in [0.25, 0.3) is 0 Å². The zero-order chi connectivity index (χ0) is 13.4. The van der Waals surface area contributed by atoms with E-state index in [4.69, 9.17) is 9.47 Å². The Bertz CT molecular complexity index is 307. The summed E-state index contributed by atoms with van der Waals surface area (Å²) in [4.78, 5) is 13.5. The van der Waals surface area contributed by atoms with Gasteiger partial charge in [0.2, 0.25) is 0 Å². The van der Waals surface area contributed by atoms with E-state index in [0.717, 1.165) is 12.8 Å². The van der Waals surface area contributed by atoms with Crippen molar-refractivity contribution in [1.29, 1.82) is 0 Å². The molecule has 18 heavy (non-hydrogen) atoms. The molecule has 2 fully saturated rings. The molecule has 2 heterocycles. The Kier molecular flexibility index (Phi) is 3.67. The molecule has 0 bridgehead atoms. The topological polar surface area (TPSA) is 59.0 Å². The van der Waals surface area contributed by atoms with Crippen molar-refractivity contribution in [1.82, 2.24) is 4.90 Å². The van der Waals surface area contributed by atoms with Crippen LogP contribution < -0.4 is 0 Å². The molecular weight excluding hydrogens is 234 g/mol. The van der Waals surface area contributed by atoms with E-state index in [1.807, 2.05) is 25.7 Å². The summed E-state index contributed by atoms with van der Waals surface area (Å²) in [5.41, 5.74) is -0.270. The third-order valence-corrected chi connectivity index (χ3v) is 3.79. The molecule has 2 aliphatic rings. The molecule has 0 aromatic rings. The van der Waals surface area contributed by atoms with Crippen LogP contribution in [-0.4, -0.2) is 54.1 Å². The zero-order valence-corrected chi connectivity index (χ0v) is 11.4. The third-order valence-electron chi connectivity index (χ3n) is 3.79. The van der Waals surface area contributed by atoms with Crippen LogP contribution in [0.4, 0.5) is 0 Å². The lowest BCUT2D eigenvalue weighted by molar-refractivity contribution is -0.193. The van der Waals surface area contributed by atoms with Crippen LogP contribution in [-0.2, 0) is 14.3 Å². The lowest BCUT2D eigenvalue weighted by Gasteiger charge is -2.43. The number of likely N-dealkylation sites (tertiary alicyclic amines) is 1. The highest BCUT2D eigenvalue weighted by atomic mass is 16.7. The Balaban J connectivity index is 2.01. The highest BCUT2D eigenvalue weighted by Crippen LogP contribution is 2.34. The van der Waals surface area contributed by atoms with Crippen molar-refractivity contribution >= 4 is 5.97 Å². The molecule has 5 nitrogen and oxygen atoms in total. The molecule has 104 valence electrons. The zero-order valence-electron chi connectivity index (χ0n) is 11.4. The Hall–Kier alpha value is -0.650. The van der Waals surface area contributed by atoms with Crippen LogP contribution >= 0.6 is 0 Å². The van der Waals surface area contributed by atoms with Crippen molar-refractivity contribution in [3.05, 3.63) is 0 Å². The van der Waals surface area contributed by atoms with E-state index in [1.54, 1.807) is 0 Å². The van der Waals surface area contributed by atoms with Crippen LogP contribution in [0.2, 0.25) is 0 Å². The minimum absolute atomic E-state index is 0.270. The van der Waals surface area contributed by atoms with Crippen LogP contribution in [0.1, 0.15) is 33.6 Å². The van der Waals surface area contributed by atoms with E-state index in [2.05, 4.69) is 0 Å². The van der Waals surface area contributed by atoms with Gasteiger partial charge in [0.15, 0.2) is 5.79 Å². The lowest BCUT2D eigenvalue weighted by atomic mass is 9.84. The molecule has 0 saturated carbocycles. The summed E-state index contributed by atoms with van der Waals surface area (Å²) in [5.74, 6) is -1.18. The van der Waals surface area contributed by atoms with Gasteiger partial charge in [-0.3, -0.25) is 9.69 Å². The van der Waals surface area contributed by atoms with Crippen LogP contribution in [0.3, 0.4) is 0 Å². The number of carboxylic acids is 1. The van der Waals surface area contributed by atoms with E-state index in [9.17, 15) is 9.90 Å². The summed E-state index contributed by atoms with van der Waals surface area (Å²) in [6, 6.07) is -0.448. The van der Waals surface area contributed by atoms with Crippen LogP contribution in [0.25, 0.3) is 0 Å². The standard InChI is InChI=1S/C13H23NO4/c1-12(2,3)10(11(15)16)14-6-4-13(5-7-14)17-8-9-18-13/h10H,4-9H2,1-3H3,(H,15,16). The Labute approximate surface area is 108 Å². The van der Waals surface area contributed by atoms with Crippen LogP contribution in [0.5, 0.6) is 0 Å². The molecule has 5 heteroatoms. The summed E-state index contributed by atoms with van der Waals surface area (Å²) < 4.78 is 11.3. The maximum absolute atomic E-state index is 11.5. The van der Waals surface area contributed by atoms with Crippen LogP contribution in [0.15, 0.2) is 0 Å². The van der Waals surface area contributed by atoms with Gasteiger partial charge in [0.05, 0.1) is 13.2 Å². The summed E-state index contributed by atoms with van der Waals surface area (Å²) in [5, 5.41) is 9.41. The first-order valence-electron chi connectivity index (χ1n) is 6.59. The fraction of sp³-hybridized carbons (Fsp3) is 0.923. The number of ether oxygens (including phenoxy) is 2. The predicted octanol–water partition coefficient (Wildman–Crippen LogP) is 1.32. The third kappa shape index (κ3) is 2.68. The first-order valence-corrected chi connectivity index (χ1v) is 6.59. The quantitative estimate of drug-likeness (QED) is 0.808. The lowest BCUT2D eigenvalue weighted by Crippen LogP contribution is -2.55. The van der Waals surface area contributed by atoms with Crippen molar-refractivity contribution in [3.8, 4) is 0 Å². The molecule has 0 aromatic carbocycles. The second kappa shape index (κ2) is 4.79. The maximum atomic E-state index is 11.5. The number of rotatable bonds is 2. The fourth-order valence-corrected chi connectivity index (χ4v) is 2.98. The smallest absolute Gasteiger partial charge is 0.321 e. The van der Waals surface area contributed by atoms with Gasteiger partial charge in [-0.05, 0) is 5.41 Å². The van der Waals surface area contributed by atoms with Crippen LogP contribution in [0, 0.1) is 5.41 Å².